The zero-order valence-corrected chi connectivity index (χ0v) is 11.1. The zero-order valence-electron chi connectivity index (χ0n) is 11.1. The lowest BCUT2D eigenvalue weighted by Gasteiger charge is -2.04. The first-order valence-corrected chi connectivity index (χ1v) is 6.00. The Kier molecular flexibility index (Phi) is 3.94. The zero-order chi connectivity index (χ0) is 14.7. The normalized spacial score (nSPS) is 12.2. The van der Waals surface area contributed by atoms with Gasteiger partial charge in [0.1, 0.15) is 5.69 Å². The summed E-state index contributed by atoms with van der Waals surface area (Å²) in [5.74, 6) is 0.174. The van der Waals surface area contributed by atoms with Crippen molar-refractivity contribution in [2.24, 2.45) is 0 Å². The van der Waals surface area contributed by atoms with Crippen molar-refractivity contribution in [3.05, 3.63) is 40.2 Å². The van der Waals surface area contributed by atoms with Crippen molar-refractivity contribution in [2.75, 3.05) is 7.11 Å². The van der Waals surface area contributed by atoms with E-state index in [2.05, 4.69) is 10.3 Å². The van der Waals surface area contributed by atoms with Gasteiger partial charge in [-0.05, 0) is 18.6 Å². The van der Waals surface area contributed by atoms with Crippen LogP contribution in [0.2, 0.25) is 0 Å². The lowest BCUT2D eigenvalue weighted by molar-refractivity contribution is -0.385. The summed E-state index contributed by atoms with van der Waals surface area (Å²) in [5.41, 5.74) is 0.739. The summed E-state index contributed by atoms with van der Waals surface area (Å²) in [6.07, 6.45) is 1.36. The van der Waals surface area contributed by atoms with E-state index < -0.39 is 11.0 Å². The van der Waals surface area contributed by atoms with Gasteiger partial charge in [0.25, 0.3) is 0 Å². The summed E-state index contributed by atoms with van der Waals surface area (Å²) < 4.78 is 6.31. The van der Waals surface area contributed by atoms with Gasteiger partial charge in [0, 0.05) is 6.07 Å². The van der Waals surface area contributed by atoms with E-state index in [1.54, 1.807) is 12.3 Å². The Morgan fingerprint density at radius 3 is 2.90 bits per heavy atom. The fourth-order valence-electron chi connectivity index (χ4n) is 1.73. The number of hydrogen-bond acceptors (Lipinski definition) is 6. The van der Waals surface area contributed by atoms with E-state index in [0.717, 1.165) is 0 Å². The molecule has 0 fully saturated rings. The minimum absolute atomic E-state index is 0.155. The summed E-state index contributed by atoms with van der Waals surface area (Å²) in [6.45, 7) is 1.82. The molecule has 8 heteroatoms. The van der Waals surface area contributed by atoms with Crippen LogP contribution < -0.4 is 4.74 Å². The van der Waals surface area contributed by atoms with Crippen molar-refractivity contribution in [1.29, 1.82) is 0 Å². The Balaban J connectivity index is 2.40. The molecule has 0 amide bonds. The maximum atomic E-state index is 11.0. The highest BCUT2D eigenvalue weighted by atomic mass is 16.6. The lowest BCUT2D eigenvalue weighted by Crippen LogP contribution is -1.99. The molecule has 1 N–H and O–H groups in total. The molecule has 0 radical (unpaired) electrons. The Morgan fingerprint density at radius 1 is 1.55 bits per heavy atom. The van der Waals surface area contributed by atoms with Crippen molar-refractivity contribution in [3.63, 3.8) is 0 Å². The van der Waals surface area contributed by atoms with Crippen LogP contribution in [0.5, 0.6) is 5.75 Å². The highest BCUT2D eigenvalue weighted by Crippen LogP contribution is 2.29. The van der Waals surface area contributed by atoms with Crippen molar-refractivity contribution in [1.82, 2.24) is 15.0 Å². The van der Waals surface area contributed by atoms with Crippen LogP contribution in [0.25, 0.3) is 5.69 Å². The minimum atomic E-state index is -0.697. The number of hydrogen-bond donors (Lipinski definition) is 1. The molecule has 2 rings (SSSR count). The van der Waals surface area contributed by atoms with Crippen molar-refractivity contribution in [2.45, 2.75) is 19.4 Å². The Bertz CT molecular complexity index is 626. The summed E-state index contributed by atoms with van der Waals surface area (Å²) in [6, 6.07) is 4.46. The van der Waals surface area contributed by atoms with Crippen LogP contribution in [0.4, 0.5) is 5.69 Å². The number of nitrogens with zero attached hydrogens (tertiary/aromatic N) is 4. The number of nitro benzene ring substituents is 1. The second-order valence-corrected chi connectivity index (χ2v) is 4.13. The number of aliphatic hydroxyl groups excluding tert-OH is 1. The molecule has 106 valence electrons. The predicted molar refractivity (Wildman–Crippen MR) is 69.8 cm³/mol. The van der Waals surface area contributed by atoms with Gasteiger partial charge >= 0.3 is 5.69 Å². The van der Waals surface area contributed by atoms with Crippen LogP contribution in [0.15, 0.2) is 24.4 Å². The number of methoxy groups -OCH3 is 1. The predicted octanol–water partition coefficient (Wildman–Crippen LogP) is 1.63. The molecule has 0 aliphatic rings. The molecule has 0 aliphatic heterocycles. The molecule has 2 aromatic rings. The fraction of sp³-hybridized carbons (Fsp3) is 0.333. The van der Waals surface area contributed by atoms with E-state index in [4.69, 9.17) is 4.74 Å². The van der Waals surface area contributed by atoms with Gasteiger partial charge in [0.15, 0.2) is 5.75 Å². The van der Waals surface area contributed by atoms with Gasteiger partial charge < -0.3 is 9.84 Å². The first-order chi connectivity index (χ1) is 9.56. The van der Waals surface area contributed by atoms with Crippen LogP contribution in [0.3, 0.4) is 0 Å². The van der Waals surface area contributed by atoms with E-state index in [1.807, 2.05) is 6.92 Å². The van der Waals surface area contributed by atoms with Gasteiger partial charge in [-0.15, -0.1) is 5.10 Å². The van der Waals surface area contributed by atoms with Crippen molar-refractivity contribution >= 4 is 5.69 Å². The topological polar surface area (TPSA) is 103 Å². The molecule has 0 saturated heterocycles. The van der Waals surface area contributed by atoms with Gasteiger partial charge in [-0.3, -0.25) is 10.1 Å². The summed E-state index contributed by atoms with van der Waals surface area (Å²) in [4.78, 5) is 10.4. The van der Waals surface area contributed by atoms with Gasteiger partial charge in [-0.25, -0.2) is 4.68 Å². The molecule has 1 atom stereocenters. The molecule has 1 aromatic heterocycles. The summed E-state index contributed by atoms with van der Waals surface area (Å²) >= 11 is 0. The molecular formula is C12H14N4O4. The molecule has 1 unspecified atom stereocenters. The van der Waals surface area contributed by atoms with E-state index in [1.165, 1.54) is 23.9 Å². The highest BCUT2D eigenvalue weighted by molar-refractivity contribution is 5.53. The second kappa shape index (κ2) is 5.66. The maximum Gasteiger partial charge on any atom is 0.313 e. The molecule has 8 nitrogen and oxygen atoms in total. The quantitative estimate of drug-likeness (QED) is 0.658. The standard InChI is InChI=1S/C12H14N4O4/c1-3-11(17)9-7-15(14-13-9)8-4-5-12(20-2)10(6-8)16(18)19/h4-7,11,17H,3H2,1-2H3. The van der Waals surface area contributed by atoms with Gasteiger partial charge in [0.05, 0.1) is 30.0 Å². The molecule has 1 aromatic carbocycles. The average molecular weight is 278 g/mol. The van der Waals surface area contributed by atoms with E-state index in [9.17, 15) is 15.2 Å². The number of nitro groups is 1. The molecular weight excluding hydrogens is 264 g/mol. The Morgan fingerprint density at radius 2 is 2.30 bits per heavy atom. The number of benzene rings is 1. The largest absolute Gasteiger partial charge is 0.490 e. The molecule has 1 heterocycles. The Hall–Kier alpha value is -2.48. The van der Waals surface area contributed by atoms with Crippen LogP contribution in [0.1, 0.15) is 25.1 Å². The number of aliphatic hydroxyl groups is 1. The number of aromatic nitrogens is 3. The third-order valence-electron chi connectivity index (χ3n) is 2.86. The van der Waals surface area contributed by atoms with Gasteiger partial charge in [0.2, 0.25) is 0 Å². The van der Waals surface area contributed by atoms with Crippen LogP contribution in [-0.4, -0.2) is 32.1 Å². The fourth-order valence-corrected chi connectivity index (χ4v) is 1.73. The highest BCUT2D eigenvalue weighted by Gasteiger charge is 2.17. The lowest BCUT2D eigenvalue weighted by atomic mass is 10.2. The SMILES string of the molecule is CCC(O)c1cn(-c2ccc(OC)c([N+](=O)[O-])c2)nn1. The van der Waals surface area contributed by atoms with Crippen LogP contribution >= 0.6 is 0 Å². The molecule has 0 spiro atoms. The molecule has 0 bridgehead atoms. The average Bonchev–Trinajstić information content (AvgIpc) is 2.95. The Labute approximate surface area is 114 Å². The molecule has 0 aliphatic carbocycles. The first kappa shape index (κ1) is 13.9. The van der Waals surface area contributed by atoms with Crippen molar-refractivity contribution in [3.8, 4) is 11.4 Å². The summed E-state index contributed by atoms with van der Waals surface area (Å²) in [5, 5.41) is 28.3. The van der Waals surface area contributed by atoms with Crippen molar-refractivity contribution < 1.29 is 14.8 Å². The second-order valence-electron chi connectivity index (χ2n) is 4.13. The molecule has 0 saturated carbocycles. The van der Waals surface area contributed by atoms with Crippen LogP contribution in [0, 0.1) is 10.1 Å². The van der Waals surface area contributed by atoms with E-state index >= 15 is 0 Å². The number of rotatable bonds is 5. The van der Waals surface area contributed by atoms with E-state index in [-0.39, 0.29) is 11.4 Å². The minimum Gasteiger partial charge on any atom is -0.490 e. The monoisotopic (exact) mass is 278 g/mol. The smallest absolute Gasteiger partial charge is 0.313 e. The van der Waals surface area contributed by atoms with E-state index in [0.29, 0.717) is 17.8 Å². The number of ether oxygens (including phenoxy) is 1. The van der Waals surface area contributed by atoms with Crippen LogP contribution in [-0.2, 0) is 0 Å². The third-order valence-corrected chi connectivity index (χ3v) is 2.86. The maximum absolute atomic E-state index is 11.0. The van der Waals surface area contributed by atoms with Gasteiger partial charge in [-0.2, -0.15) is 0 Å². The van der Waals surface area contributed by atoms with Gasteiger partial charge in [-0.1, -0.05) is 12.1 Å². The molecule has 20 heavy (non-hydrogen) atoms. The summed E-state index contributed by atoms with van der Waals surface area (Å²) in [7, 11) is 1.37. The first-order valence-electron chi connectivity index (χ1n) is 6.00. The third kappa shape index (κ3) is 2.59.